The zero-order valence-corrected chi connectivity index (χ0v) is 13.4. The standard InChI is InChI=1S/C14H21Cl2N3O/c1-3-19(4-2)9-8-17-10-13(20)18-14-11(15)6-5-7-12(14)16/h5-7,17H,3-4,8-10H2,1-2H3,(H,18,20). The van der Waals surface area contributed by atoms with Gasteiger partial charge >= 0.3 is 0 Å². The summed E-state index contributed by atoms with van der Waals surface area (Å²) in [4.78, 5) is 14.1. The van der Waals surface area contributed by atoms with Crippen LogP contribution in [0, 0.1) is 0 Å². The number of benzene rings is 1. The number of nitrogens with zero attached hydrogens (tertiary/aromatic N) is 1. The first-order chi connectivity index (χ1) is 9.58. The number of carbonyl (C=O) groups excluding carboxylic acids is 1. The maximum Gasteiger partial charge on any atom is 0.238 e. The van der Waals surface area contributed by atoms with Crippen LogP contribution in [0.2, 0.25) is 10.0 Å². The Kier molecular flexibility index (Phi) is 7.92. The van der Waals surface area contributed by atoms with E-state index in [4.69, 9.17) is 23.2 Å². The van der Waals surface area contributed by atoms with E-state index in [1.165, 1.54) is 0 Å². The number of amides is 1. The van der Waals surface area contributed by atoms with Crippen LogP contribution < -0.4 is 10.6 Å². The number of rotatable bonds is 8. The molecule has 1 rings (SSSR count). The maximum atomic E-state index is 11.8. The minimum Gasteiger partial charge on any atom is -0.322 e. The summed E-state index contributed by atoms with van der Waals surface area (Å²) in [6.07, 6.45) is 0. The van der Waals surface area contributed by atoms with Gasteiger partial charge in [-0.25, -0.2) is 0 Å². The van der Waals surface area contributed by atoms with Gasteiger partial charge in [-0.1, -0.05) is 43.1 Å². The minimum atomic E-state index is -0.153. The van der Waals surface area contributed by atoms with Gasteiger partial charge < -0.3 is 15.5 Å². The molecule has 0 saturated carbocycles. The topological polar surface area (TPSA) is 44.4 Å². The monoisotopic (exact) mass is 317 g/mol. The molecule has 0 aliphatic carbocycles. The van der Waals surface area contributed by atoms with Crippen molar-refractivity contribution >= 4 is 34.8 Å². The fraction of sp³-hybridized carbons (Fsp3) is 0.500. The minimum absolute atomic E-state index is 0.153. The van der Waals surface area contributed by atoms with Crippen LogP contribution in [-0.2, 0) is 4.79 Å². The van der Waals surface area contributed by atoms with Gasteiger partial charge in [-0.3, -0.25) is 4.79 Å². The smallest absolute Gasteiger partial charge is 0.238 e. The Morgan fingerprint density at radius 1 is 1.20 bits per heavy atom. The van der Waals surface area contributed by atoms with Gasteiger partial charge in [0.25, 0.3) is 0 Å². The van der Waals surface area contributed by atoms with Crippen LogP contribution in [-0.4, -0.2) is 43.5 Å². The van der Waals surface area contributed by atoms with E-state index in [0.717, 1.165) is 26.2 Å². The second-order valence-electron chi connectivity index (χ2n) is 4.35. The molecule has 0 aliphatic heterocycles. The van der Waals surface area contributed by atoms with Crippen molar-refractivity contribution in [3.8, 4) is 0 Å². The Morgan fingerprint density at radius 3 is 2.35 bits per heavy atom. The molecule has 0 unspecified atom stereocenters. The third-order valence-corrected chi connectivity index (χ3v) is 3.64. The van der Waals surface area contributed by atoms with E-state index in [2.05, 4.69) is 29.4 Å². The van der Waals surface area contributed by atoms with Crippen molar-refractivity contribution in [3.63, 3.8) is 0 Å². The molecule has 2 N–H and O–H groups in total. The molecule has 4 nitrogen and oxygen atoms in total. The number of carbonyl (C=O) groups is 1. The Balaban J connectivity index is 2.34. The van der Waals surface area contributed by atoms with Gasteiger partial charge in [0.1, 0.15) is 0 Å². The zero-order valence-electron chi connectivity index (χ0n) is 11.9. The van der Waals surface area contributed by atoms with E-state index in [1.54, 1.807) is 18.2 Å². The molecular weight excluding hydrogens is 297 g/mol. The molecule has 0 bridgehead atoms. The summed E-state index contributed by atoms with van der Waals surface area (Å²) in [5.74, 6) is -0.153. The first-order valence-corrected chi connectivity index (χ1v) is 7.51. The highest BCUT2D eigenvalue weighted by Gasteiger charge is 2.09. The van der Waals surface area contributed by atoms with Crippen molar-refractivity contribution in [1.29, 1.82) is 0 Å². The lowest BCUT2D eigenvalue weighted by Crippen LogP contribution is -2.35. The van der Waals surface area contributed by atoms with Crippen molar-refractivity contribution in [2.45, 2.75) is 13.8 Å². The number of nitrogens with one attached hydrogen (secondary N) is 2. The van der Waals surface area contributed by atoms with Gasteiger partial charge in [0.2, 0.25) is 5.91 Å². The van der Waals surface area contributed by atoms with E-state index < -0.39 is 0 Å². The van der Waals surface area contributed by atoms with Crippen LogP contribution in [0.3, 0.4) is 0 Å². The molecule has 0 saturated heterocycles. The molecule has 6 heteroatoms. The van der Waals surface area contributed by atoms with E-state index >= 15 is 0 Å². The lowest BCUT2D eigenvalue weighted by molar-refractivity contribution is -0.115. The molecule has 112 valence electrons. The zero-order chi connectivity index (χ0) is 15.0. The largest absolute Gasteiger partial charge is 0.322 e. The number of para-hydroxylation sites is 1. The summed E-state index contributed by atoms with van der Waals surface area (Å²) in [5.41, 5.74) is 0.464. The third-order valence-electron chi connectivity index (χ3n) is 3.01. The number of hydrogen-bond acceptors (Lipinski definition) is 3. The molecule has 0 aliphatic rings. The molecule has 0 radical (unpaired) electrons. The van der Waals surface area contributed by atoms with Gasteiger partial charge in [-0.05, 0) is 25.2 Å². The summed E-state index contributed by atoms with van der Waals surface area (Å²) in [6.45, 7) is 8.20. The van der Waals surface area contributed by atoms with Crippen LogP contribution in [0.15, 0.2) is 18.2 Å². The van der Waals surface area contributed by atoms with Crippen molar-refractivity contribution in [2.75, 3.05) is 38.0 Å². The predicted octanol–water partition coefficient (Wildman–Crippen LogP) is 2.86. The molecular formula is C14H21Cl2N3O. The molecule has 0 heterocycles. The highest BCUT2D eigenvalue weighted by atomic mass is 35.5. The van der Waals surface area contributed by atoms with Crippen molar-refractivity contribution in [3.05, 3.63) is 28.2 Å². The SMILES string of the molecule is CCN(CC)CCNCC(=O)Nc1c(Cl)cccc1Cl. The number of halogens is 2. The fourth-order valence-corrected chi connectivity index (χ4v) is 2.27. The van der Waals surface area contributed by atoms with Crippen molar-refractivity contribution in [1.82, 2.24) is 10.2 Å². The van der Waals surface area contributed by atoms with Gasteiger partial charge in [-0.2, -0.15) is 0 Å². The molecule has 1 aromatic carbocycles. The molecule has 0 atom stereocenters. The second kappa shape index (κ2) is 9.19. The first-order valence-electron chi connectivity index (χ1n) is 6.75. The van der Waals surface area contributed by atoms with Gasteiger partial charge in [0, 0.05) is 13.1 Å². The van der Waals surface area contributed by atoms with E-state index in [0.29, 0.717) is 15.7 Å². The summed E-state index contributed by atoms with van der Waals surface area (Å²) >= 11 is 12.0. The quantitative estimate of drug-likeness (QED) is 0.725. The second-order valence-corrected chi connectivity index (χ2v) is 5.16. The van der Waals surface area contributed by atoms with E-state index in [-0.39, 0.29) is 12.5 Å². The summed E-state index contributed by atoms with van der Waals surface area (Å²) in [7, 11) is 0. The lowest BCUT2D eigenvalue weighted by atomic mass is 10.3. The van der Waals surface area contributed by atoms with Crippen LogP contribution in [0.1, 0.15) is 13.8 Å². The maximum absolute atomic E-state index is 11.8. The number of hydrogen-bond donors (Lipinski definition) is 2. The van der Waals surface area contributed by atoms with Gasteiger partial charge in [0.05, 0.1) is 22.3 Å². The third kappa shape index (κ3) is 5.67. The lowest BCUT2D eigenvalue weighted by Gasteiger charge is -2.18. The van der Waals surface area contributed by atoms with Gasteiger partial charge in [0.15, 0.2) is 0 Å². The van der Waals surface area contributed by atoms with Gasteiger partial charge in [-0.15, -0.1) is 0 Å². The van der Waals surface area contributed by atoms with Crippen LogP contribution in [0.25, 0.3) is 0 Å². The Labute approximate surface area is 130 Å². The molecule has 0 spiro atoms. The normalized spacial score (nSPS) is 10.8. The first kappa shape index (κ1) is 17.2. The Morgan fingerprint density at radius 2 is 1.80 bits per heavy atom. The Bertz CT molecular complexity index is 416. The average molecular weight is 318 g/mol. The van der Waals surface area contributed by atoms with Crippen LogP contribution >= 0.6 is 23.2 Å². The number of anilines is 1. The van der Waals surface area contributed by atoms with E-state index in [9.17, 15) is 4.79 Å². The molecule has 20 heavy (non-hydrogen) atoms. The summed E-state index contributed by atoms with van der Waals surface area (Å²) < 4.78 is 0. The average Bonchev–Trinajstić information content (AvgIpc) is 2.43. The molecule has 1 amide bonds. The molecule has 0 fully saturated rings. The summed E-state index contributed by atoms with van der Waals surface area (Å²) in [5, 5.41) is 6.70. The molecule has 1 aromatic rings. The van der Waals surface area contributed by atoms with Crippen molar-refractivity contribution in [2.24, 2.45) is 0 Å². The highest BCUT2D eigenvalue weighted by Crippen LogP contribution is 2.29. The van der Waals surface area contributed by atoms with Crippen molar-refractivity contribution < 1.29 is 4.79 Å². The van der Waals surface area contributed by atoms with E-state index in [1.807, 2.05) is 0 Å². The highest BCUT2D eigenvalue weighted by molar-refractivity contribution is 6.39. The van der Waals surface area contributed by atoms with Crippen LogP contribution in [0.4, 0.5) is 5.69 Å². The predicted molar refractivity (Wildman–Crippen MR) is 85.7 cm³/mol. The molecule has 0 aromatic heterocycles. The Hall–Kier alpha value is -0.810. The summed E-state index contributed by atoms with van der Waals surface area (Å²) in [6, 6.07) is 5.12. The van der Waals surface area contributed by atoms with Crippen LogP contribution in [0.5, 0.6) is 0 Å². The number of likely N-dealkylation sites (N-methyl/N-ethyl adjacent to an activating group) is 1. The fourth-order valence-electron chi connectivity index (χ4n) is 1.78.